The number of para-hydroxylation sites is 1. The second-order valence-corrected chi connectivity index (χ2v) is 12.2. The Morgan fingerprint density at radius 2 is 1.60 bits per heavy atom. The number of anilines is 1. The van der Waals surface area contributed by atoms with E-state index in [4.69, 9.17) is 0 Å². The van der Waals surface area contributed by atoms with Crippen LogP contribution in [0.25, 0.3) is 0 Å². The number of hydrogen-bond acceptors (Lipinski definition) is 4. The topological polar surface area (TPSA) is 86.8 Å². The molecular weight excluding hydrogens is 529 g/mol. The zero-order chi connectivity index (χ0) is 29.4. The van der Waals surface area contributed by atoms with Crippen LogP contribution >= 0.6 is 0 Å². The zero-order valence-electron chi connectivity index (χ0n) is 23.7. The quantitative estimate of drug-likeness (QED) is 0.325. The van der Waals surface area contributed by atoms with Crippen molar-refractivity contribution in [2.24, 2.45) is 5.92 Å². The third-order valence-electron chi connectivity index (χ3n) is 6.51. The van der Waals surface area contributed by atoms with Crippen molar-refractivity contribution in [3.8, 4) is 0 Å². The fourth-order valence-electron chi connectivity index (χ4n) is 4.35. The highest BCUT2D eigenvalue weighted by Gasteiger charge is 2.34. The predicted molar refractivity (Wildman–Crippen MR) is 156 cm³/mol. The van der Waals surface area contributed by atoms with Crippen LogP contribution in [0.5, 0.6) is 0 Å². The van der Waals surface area contributed by atoms with Crippen LogP contribution in [-0.4, -0.2) is 44.3 Å². The second kappa shape index (κ2) is 13.6. The Labute approximate surface area is 237 Å². The van der Waals surface area contributed by atoms with E-state index in [2.05, 4.69) is 5.32 Å². The van der Waals surface area contributed by atoms with Gasteiger partial charge in [-0.3, -0.25) is 13.9 Å². The van der Waals surface area contributed by atoms with Crippen LogP contribution in [0.15, 0.2) is 77.7 Å². The maximum atomic E-state index is 15.0. The van der Waals surface area contributed by atoms with E-state index in [1.807, 2.05) is 52.0 Å². The molecule has 0 fully saturated rings. The van der Waals surface area contributed by atoms with Crippen molar-refractivity contribution in [1.29, 1.82) is 0 Å². The molecule has 1 atom stereocenters. The van der Waals surface area contributed by atoms with Gasteiger partial charge >= 0.3 is 0 Å². The van der Waals surface area contributed by atoms with Gasteiger partial charge in [0, 0.05) is 13.1 Å². The summed E-state index contributed by atoms with van der Waals surface area (Å²) in [6, 6.07) is 18.3. The largest absolute Gasteiger partial charge is 0.354 e. The zero-order valence-corrected chi connectivity index (χ0v) is 24.5. The first kappa shape index (κ1) is 30.8. The standard InChI is InChI=1S/C31H38FN3O4S/c1-6-28(31(37)33-19-22(2)3)34(20-25-11-9-10-24(5)18-25)30(36)21-35(29-13-8-7-12-27(29)32)40(38,39)26-16-14-23(4)15-17-26/h7-18,22,28H,6,19-21H2,1-5H3,(H,33,37). The lowest BCUT2D eigenvalue weighted by atomic mass is 10.1. The van der Waals surface area contributed by atoms with Crippen molar-refractivity contribution in [3.05, 3.63) is 95.3 Å². The van der Waals surface area contributed by atoms with Crippen molar-refractivity contribution in [3.63, 3.8) is 0 Å². The van der Waals surface area contributed by atoms with Crippen LogP contribution in [0, 0.1) is 25.6 Å². The van der Waals surface area contributed by atoms with Gasteiger partial charge < -0.3 is 10.2 Å². The van der Waals surface area contributed by atoms with E-state index in [0.29, 0.717) is 13.0 Å². The summed E-state index contributed by atoms with van der Waals surface area (Å²) < 4.78 is 43.5. The Balaban J connectivity index is 2.06. The number of sulfonamides is 1. The molecule has 3 aromatic carbocycles. The Morgan fingerprint density at radius 1 is 0.925 bits per heavy atom. The van der Waals surface area contributed by atoms with Gasteiger partial charge in [-0.05, 0) is 56.0 Å². The summed E-state index contributed by atoms with van der Waals surface area (Å²) in [7, 11) is -4.33. The highest BCUT2D eigenvalue weighted by Crippen LogP contribution is 2.27. The van der Waals surface area contributed by atoms with Crippen molar-refractivity contribution >= 4 is 27.5 Å². The van der Waals surface area contributed by atoms with E-state index in [0.717, 1.165) is 27.1 Å². The highest BCUT2D eigenvalue weighted by atomic mass is 32.2. The molecular formula is C31H38FN3O4S. The monoisotopic (exact) mass is 567 g/mol. The van der Waals surface area contributed by atoms with Crippen LogP contribution in [-0.2, 0) is 26.2 Å². The van der Waals surface area contributed by atoms with E-state index >= 15 is 4.39 Å². The number of benzene rings is 3. The van der Waals surface area contributed by atoms with Crippen LogP contribution < -0.4 is 9.62 Å². The molecule has 0 radical (unpaired) electrons. The number of rotatable bonds is 12. The maximum Gasteiger partial charge on any atom is 0.264 e. The van der Waals surface area contributed by atoms with Crippen LogP contribution in [0.4, 0.5) is 10.1 Å². The summed E-state index contributed by atoms with van der Waals surface area (Å²) in [6.45, 7) is 9.33. The van der Waals surface area contributed by atoms with E-state index in [1.165, 1.54) is 35.2 Å². The molecule has 0 saturated carbocycles. The maximum absolute atomic E-state index is 15.0. The fraction of sp³-hybridized carbons (Fsp3) is 0.355. The number of carbonyl (C=O) groups excluding carboxylic acids is 2. The van der Waals surface area contributed by atoms with Crippen LogP contribution in [0.2, 0.25) is 0 Å². The van der Waals surface area contributed by atoms with Gasteiger partial charge in [0.2, 0.25) is 11.8 Å². The van der Waals surface area contributed by atoms with Gasteiger partial charge in [-0.25, -0.2) is 12.8 Å². The molecule has 3 aromatic rings. The molecule has 2 amide bonds. The first-order chi connectivity index (χ1) is 18.9. The Bertz CT molecular complexity index is 1420. The molecule has 214 valence electrons. The number of hydrogen-bond donors (Lipinski definition) is 1. The molecule has 0 aliphatic carbocycles. The number of amides is 2. The molecule has 0 aliphatic rings. The minimum absolute atomic E-state index is 0.0684. The minimum atomic E-state index is -4.33. The molecule has 0 spiro atoms. The first-order valence-corrected chi connectivity index (χ1v) is 14.8. The average Bonchev–Trinajstić information content (AvgIpc) is 2.91. The lowest BCUT2D eigenvalue weighted by Crippen LogP contribution is -2.52. The third kappa shape index (κ3) is 7.69. The van der Waals surface area contributed by atoms with Gasteiger partial charge in [-0.1, -0.05) is 80.4 Å². The third-order valence-corrected chi connectivity index (χ3v) is 8.29. The molecule has 3 rings (SSSR count). The van der Waals surface area contributed by atoms with Crippen molar-refractivity contribution in [1.82, 2.24) is 10.2 Å². The highest BCUT2D eigenvalue weighted by molar-refractivity contribution is 7.92. The molecule has 40 heavy (non-hydrogen) atoms. The average molecular weight is 568 g/mol. The predicted octanol–water partition coefficient (Wildman–Crippen LogP) is 5.22. The Morgan fingerprint density at radius 3 is 2.20 bits per heavy atom. The van der Waals surface area contributed by atoms with Gasteiger partial charge in [-0.2, -0.15) is 0 Å². The molecule has 0 bridgehead atoms. The van der Waals surface area contributed by atoms with E-state index in [9.17, 15) is 18.0 Å². The van der Waals surface area contributed by atoms with Crippen LogP contribution in [0.1, 0.15) is 43.9 Å². The minimum Gasteiger partial charge on any atom is -0.354 e. The van der Waals surface area contributed by atoms with E-state index in [1.54, 1.807) is 19.1 Å². The summed E-state index contributed by atoms with van der Waals surface area (Å²) in [5, 5.41) is 2.90. The molecule has 1 unspecified atom stereocenters. The molecule has 7 nitrogen and oxygen atoms in total. The molecule has 9 heteroatoms. The normalized spacial score (nSPS) is 12.2. The summed E-state index contributed by atoms with van der Waals surface area (Å²) in [6.07, 6.45) is 0.311. The molecule has 1 N–H and O–H groups in total. The van der Waals surface area contributed by atoms with E-state index < -0.39 is 34.3 Å². The first-order valence-electron chi connectivity index (χ1n) is 13.4. The lowest BCUT2D eigenvalue weighted by Gasteiger charge is -2.33. The smallest absolute Gasteiger partial charge is 0.264 e. The molecule has 0 aromatic heterocycles. The number of nitrogens with one attached hydrogen (secondary N) is 1. The Kier molecular flexibility index (Phi) is 10.5. The van der Waals surface area contributed by atoms with Crippen molar-refractivity contribution in [2.75, 3.05) is 17.4 Å². The van der Waals surface area contributed by atoms with Gasteiger partial charge in [-0.15, -0.1) is 0 Å². The van der Waals surface area contributed by atoms with Crippen molar-refractivity contribution < 1.29 is 22.4 Å². The molecule has 0 heterocycles. The van der Waals surface area contributed by atoms with E-state index in [-0.39, 0.29) is 29.0 Å². The van der Waals surface area contributed by atoms with Gasteiger partial charge in [0.15, 0.2) is 0 Å². The lowest BCUT2D eigenvalue weighted by molar-refractivity contribution is -0.140. The van der Waals surface area contributed by atoms with Crippen LogP contribution in [0.3, 0.4) is 0 Å². The van der Waals surface area contributed by atoms with Gasteiger partial charge in [0.25, 0.3) is 10.0 Å². The number of halogens is 1. The summed E-state index contributed by atoms with van der Waals surface area (Å²) in [5.74, 6) is -1.51. The Hall–Kier alpha value is -3.72. The number of nitrogens with zero attached hydrogens (tertiary/aromatic N) is 2. The summed E-state index contributed by atoms with van der Waals surface area (Å²) in [4.78, 5) is 28.6. The fourth-order valence-corrected chi connectivity index (χ4v) is 5.78. The van der Waals surface area contributed by atoms with Gasteiger partial charge in [0.1, 0.15) is 18.4 Å². The SMILES string of the molecule is CCC(C(=O)NCC(C)C)N(Cc1cccc(C)c1)C(=O)CN(c1ccccc1F)S(=O)(=O)c1ccc(C)cc1. The summed E-state index contributed by atoms with van der Waals surface area (Å²) >= 11 is 0. The van der Waals surface area contributed by atoms with Crippen molar-refractivity contribution in [2.45, 2.75) is 58.5 Å². The summed E-state index contributed by atoms with van der Waals surface area (Å²) in [5.41, 5.74) is 2.39. The van der Waals surface area contributed by atoms with Gasteiger partial charge in [0.05, 0.1) is 10.6 Å². The second-order valence-electron chi connectivity index (χ2n) is 10.3. The number of aryl methyl sites for hydroxylation is 2. The molecule has 0 aliphatic heterocycles. The molecule has 0 saturated heterocycles. The number of carbonyl (C=O) groups is 2.